The fraction of sp³-hybridized carbons (Fsp3) is 0.222. The Labute approximate surface area is 107 Å². The Kier molecular flexibility index (Phi) is 4.25. The monoisotopic (exact) mass is 293 g/mol. The predicted molar refractivity (Wildman–Crippen MR) is 62.9 cm³/mol. The molecule has 0 fully saturated rings. The van der Waals surface area contributed by atoms with Gasteiger partial charge in [0.2, 0.25) is 9.05 Å². The molecule has 18 heavy (non-hydrogen) atoms. The number of benzene rings is 1. The number of nitro groups is 1. The highest BCUT2D eigenvalue weighted by Crippen LogP contribution is 2.22. The first-order chi connectivity index (χ1) is 8.24. The minimum absolute atomic E-state index is 0.163. The molecule has 98 valence electrons. The van der Waals surface area contributed by atoms with Crippen LogP contribution in [0.5, 0.6) is 0 Å². The number of hydrogen-bond donors (Lipinski definition) is 0. The summed E-state index contributed by atoms with van der Waals surface area (Å²) >= 11 is 0. The molecule has 0 aliphatic rings. The molecule has 0 unspecified atom stereocenters. The molecular formula is C9H8ClNO6S. The maximum atomic E-state index is 11.3. The molecule has 1 aromatic carbocycles. The van der Waals surface area contributed by atoms with E-state index in [-0.39, 0.29) is 11.1 Å². The van der Waals surface area contributed by atoms with Crippen LogP contribution in [0.15, 0.2) is 18.2 Å². The minimum atomic E-state index is -3.81. The van der Waals surface area contributed by atoms with E-state index >= 15 is 0 Å². The average Bonchev–Trinajstić information content (AvgIpc) is 2.25. The summed E-state index contributed by atoms with van der Waals surface area (Å²) in [7, 11) is 2.32. The van der Waals surface area contributed by atoms with Gasteiger partial charge in [0.15, 0.2) is 0 Å². The van der Waals surface area contributed by atoms with Crippen LogP contribution in [0, 0.1) is 10.1 Å². The smallest absolute Gasteiger partial charge is 0.344 e. The Morgan fingerprint density at radius 2 is 2.11 bits per heavy atom. The number of esters is 1. The number of nitro benzene ring substituents is 1. The lowest BCUT2D eigenvalue weighted by atomic mass is 10.1. The Bertz CT molecular complexity index is 597. The van der Waals surface area contributed by atoms with Gasteiger partial charge < -0.3 is 4.74 Å². The molecule has 7 nitrogen and oxygen atoms in total. The van der Waals surface area contributed by atoms with Crippen LogP contribution in [0.25, 0.3) is 0 Å². The fourth-order valence-electron chi connectivity index (χ4n) is 1.30. The van der Waals surface area contributed by atoms with Crippen molar-refractivity contribution >= 4 is 31.4 Å². The number of ether oxygens (including phenoxy) is 1. The maximum absolute atomic E-state index is 11.3. The Hall–Kier alpha value is -1.67. The molecule has 0 amide bonds. The van der Waals surface area contributed by atoms with Crippen LogP contribution >= 0.6 is 10.7 Å². The van der Waals surface area contributed by atoms with E-state index in [1.807, 2.05) is 0 Å². The van der Waals surface area contributed by atoms with E-state index in [1.54, 1.807) is 0 Å². The molecule has 0 atom stereocenters. The van der Waals surface area contributed by atoms with Gasteiger partial charge >= 0.3 is 5.97 Å². The number of carbonyl (C=O) groups excluding carboxylic acids is 1. The van der Waals surface area contributed by atoms with Gasteiger partial charge in [0.05, 0.1) is 17.8 Å². The highest BCUT2D eigenvalue weighted by Gasteiger charge is 2.22. The standard InChI is InChI=1S/C9H8ClNO6S/c1-17-9(12)7-4-6(5-18(10,15)16)2-3-8(7)11(13)14/h2-4H,5H2,1H3. The molecule has 0 heterocycles. The normalized spacial score (nSPS) is 11.0. The number of carbonyl (C=O) groups is 1. The van der Waals surface area contributed by atoms with Crippen molar-refractivity contribution in [2.45, 2.75) is 5.75 Å². The van der Waals surface area contributed by atoms with Crippen LogP contribution in [0.1, 0.15) is 15.9 Å². The summed E-state index contributed by atoms with van der Waals surface area (Å²) in [4.78, 5) is 21.3. The molecule has 0 saturated carbocycles. The van der Waals surface area contributed by atoms with Crippen molar-refractivity contribution in [3.05, 3.63) is 39.4 Å². The molecule has 9 heteroatoms. The third-order valence-corrected chi connectivity index (χ3v) is 3.01. The van der Waals surface area contributed by atoms with Crippen LogP contribution < -0.4 is 0 Å². The van der Waals surface area contributed by atoms with Crippen molar-refractivity contribution in [1.29, 1.82) is 0 Å². The van der Waals surface area contributed by atoms with E-state index in [0.717, 1.165) is 19.2 Å². The van der Waals surface area contributed by atoms with E-state index in [1.165, 1.54) is 6.07 Å². The molecule has 0 bridgehead atoms. The molecule has 0 N–H and O–H groups in total. The van der Waals surface area contributed by atoms with E-state index in [0.29, 0.717) is 0 Å². The molecule has 1 rings (SSSR count). The molecule has 0 aliphatic carbocycles. The van der Waals surface area contributed by atoms with Gasteiger partial charge in [-0.25, -0.2) is 13.2 Å². The second-order valence-corrected chi connectivity index (χ2v) is 6.06. The van der Waals surface area contributed by atoms with Gasteiger partial charge in [-0.3, -0.25) is 10.1 Å². The predicted octanol–water partition coefficient (Wildman–Crippen LogP) is 1.45. The zero-order valence-electron chi connectivity index (χ0n) is 9.12. The third-order valence-electron chi connectivity index (χ3n) is 2.00. The summed E-state index contributed by atoms with van der Waals surface area (Å²) < 4.78 is 26.2. The van der Waals surface area contributed by atoms with Crippen molar-refractivity contribution in [3.8, 4) is 0 Å². The highest BCUT2D eigenvalue weighted by atomic mass is 35.7. The first-order valence-electron chi connectivity index (χ1n) is 4.52. The molecule has 0 saturated heterocycles. The van der Waals surface area contributed by atoms with Gasteiger partial charge in [0.25, 0.3) is 5.69 Å². The second kappa shape index (κ2) is 5.32. The SMILES string of the molecule is COC(=O)c1cc(CS(=O)(=O)Cl)ccc1[N+](=O)[O-]. The summed E-state index contributed by atoms with van der Waals surface area (Å²) in [6, 6.07) is 3.32. The van der Waals surface area contributed by atoms with Crippen LogP contribution in [-0.2, 0) is 19.5 Å². The van der Waals surface area contributed by atoms with Crippen LogP contribution in [0.4, 0.5) is 5.69 Å². The minimum Gasteiger partial charge on any atom is -0.465 e. The molecule has 0 aromatic heterocycles. The van der Waals surface area contributed by atoms with Gasteiger partial charge in [0, 0.05) is 16.7 Å². The summed E-state index contributed by atoms with van der Waals surface area (Å²) in [6.07, 6.45) is 0. The molecule has 1 aromatic rings. The Morgan fingerprint density at radius 3 is 2.56 bits per heavy atom. The summed E-state index contributed by atoms with van der Waals surface area (Å²) in [5.41, 5.74) is -0.617. The van der Waals surface area contributed by atoms with Gasteiger partial charge in [-0.2, -0.15) is 0 Å². The van der Waals surface area contributed by atoms with E-state index in [2.05, 4.69) is 4.74 Å². The molecule has 0 aliphatic heterocycles. The first-order valence-corrected chi connectivity index (χ1v) is 7.00. The Balaban J connectivity index is 3.30. The van der Waals surface area contributed by atoms with Crippen molar-refractivity contribution in [3.63, 3.8) is 0 Å². The molecule has 0 radical (unpaired) electrons. The zero-order valence-corrected chi connectivity index (χ0v) is 10.7. The van der Waals surface area contributed by atoms with Crippen LogP contribution in [-0.4, -0.2) is 26.4 Å². The lowest BCUT2D eigenvalue weighted by molar-refractivity contribution is -0.385. The van der Waals surface area contributed by atoms with E-state index in [9.17, 15) is 23.3 Å². The van der Waals surface area contributed by atoms with Gasteiger partial charge in [-0.15, -0.1) is 0 Å². The number of nitrogens with zero attached hydrogens (tertiary/aromatic N) is 1. The Morgan fingerprint density at radius 1 is 1.50 bits per heavy atom. The van der Waals surface area contributed by atoms with Crippen molar-refractivity contribution in [2.24, 2.45) is 0 Å². The number of hydrogen-bond acceptors (Lipinski definition) is 6. The van der Waals surface area contributed by atoms with Crippen molar-refractivity contribution < 1.29 is 22.9 Å². The van der Waals surface area contributed by atoms with Crippen molar-refractivity contribution in [1.82, 2.24) is 0 Å². The number of rotatable bonds is 4. The number of methoxy groups -OCH3 is 1. The average molecular weight is 294 g/mol. The molecular weight excluding hydrogens is 286 g/mol. The second-order valence-electron chi connectivity index (χ2n) is 3.28. The van der Waals surface area contributed by atoms with Gasteiger partial charge in [-0.1, -0.05) is 6.07 Å². The van der Waals surface area contributed by atoms with Crippen molar-refractivity contribution in [2.75, 3.05) is 7.11 Å². The summed E-state index contributed by atoms with van der Waals surface area (Å²) in [5.74, 6) is -1.45. The number of halogens is 1. The largest absolute Gasteiger partial charge is 0.465 e. The third kappa shape index (κ3) is 3.67. The quantitative estimate of drug-likeness (QED) is 0.360. The lowest BCUT2D eigenvalue weighted by Crippen LogP contribution is -2.07. The summed E-state index contributed by atoms with van der Waals surface area (Å²) in [6.45, 7) is 0. The topological polar surface area (TPSA) is 104 Å². The van der Waals surface area contributed by atoms with E-state index < -0.39 is 31.4 Å². The van der Waals surface area contributed by atoms with Gasteiger partial charge in [-0.05, 0) is 11.6 Å². The summed E-state index contributed by atoms with van der Waals surface area (Å²) in [5, 5.41) is 10.7. The van der Waals surface area contributed by atoms with Gasteiger partial charge in [0.1, 0.15) is 5.56 Å². The zero-order chi connectivity index (χ0) is 13.9. The fourth-order valence-corrected chi connectivity index (χ4v) is 2.26. The lowest BCUT2D eigenvalue weighted by Gasteiger charge is -2.03. The van der Waals surface area contributed by atoms with Crippen LogP contribution in [0.2, 0.25) is 0 Å². The molecule has 0 spiro atoms. The van der Waals surface area contributed by atoms with Crippen LogP contribution in [0.3, 0.4) is 0 Å². The highest BCUT2D eigenvalue weighted by molar-refractivity contribution is 8.13. The van der Waals surface area contributed by atoms with E-state index in [4.69, 9.17) is 10.7 Å². The maximum Gasteiger partial charge on any atom is 0.344 e. The first kappa shape index (κ1) is 14.4.